The van der Waals surface area contributed by atoms with E-state index in [2.05, 4.69) is 0 Å². The maximum atomic E-state index is 11.7. The number of carboxylic acid groups (broad SMARTS) is 2. The number of hydrogen-bond acceptors (Lipinski definition) is 4. The Morgan fingerprint density at radius 2 is 2.00 bits per heavy atom. The van der Waals surface area contributed by atoms with Crippen LogP contribution in [0.25, 0.3) is 0 Å². The minimum Gasteiger partial charge on any atom is -0.480 e. The molecule has 8 heteroatoms. The summed E-state index contributed by atoms with van der Waals surface area (Å²) in [5.74, 6) is -0.880. The number of aliphatic carboxylic acids is 1. The Labute approximate surface area is 122 Å². The third-order valence-electron chi connectivity index (χ3n) is 4.14. The molecule has 0 bridgehead atoms. The Morgan fingerprint density at radius 3 is 2.52 bits per heavy atom. The molecule has 2 amide bonds. The molecule has 2 fully saturated rings. The summed E-state index contributed by atoms with van der Waals surface area (Å²) in [6.45, 7) is 3.28. The molecule has 0 unspecified atom stereocenters. The van der Waals surface area contributed by atoms with Crippen molar-refractivity contribution in [3.63, 3.8) is 0 Å². The molecular formula is C13H21N3O5. The number of rotatable bonds is 4. The molecule has 118 valence electrons. The van der Waals surface area contributed by atoms with E-state index in [0.29, 0.717) is 26.1 Å². The normalized spacial score (nSPS) is 27.2. The van der Waals surface area contributed by atoms with Crippen LogP contribution in [-0.4, -0.2) is 87.7 Å². The van der Waals surface area contributed by atoms with Gasteiger partial charge in [-0.1, -0.05) is 0 Å². The minimum absolute atomic E-state index is 0.0609. The third-order valence-corrected chi connectivity index (χ3v) is 4.14. The highest BCUT2D eigenvalue weighted by Gasteiger charge is 2.37. The molecule has 2 saturated heterocycles. The van der Waals surface area contributed by atoms with Gasteiger partial charge in [-0.3, -0.25) is 14.5 Å². The number of nitrogens with zero attached hydrogens (tertiary/aromatic N) is 3. The average molecular weight is 299 g/mol. The zero-order chi connectivity index (χ0) is 15.6. The standard InChI is InChI=1S/C13H21N3O5/c1-9-5-15(8-12(18)19)10(7-16(9)13(20)21)6-14-4-2-3-11(14)17/h9-10H,2-8H2,1H3,(H,18,19)(H,20,21)/t9-,10+/m1/s1. The van der Waals surface area contributed by atoms with Crippen LogP contribution in [-0.2, 0) is 9.59 Å². The van der Waals surface area contributed by atoms with Gasteiger partial charge in [-0.25, -0.2) is 4.79 Å². The van der Waals surface area contributed by atoms with Crippen molar-refractivity contribution in [3.8, 4) is 0 Å². The van der Waals surface area contributed by atoms with E-state index in [-0.39, 0.29) is 31.1 Å². The second-order valence-corrected chi connectivity index (χ2v) is 5.70. The molecule has 0 aliphatic carbocycles. The maximum absolute atomic E-state index is 11.7. The molecule has 2 N–H and O–H groups in total. The van der Waals surface area contributed by atoms with Gasteiger partial charge in [0.05, 0.1) is 6.54 Å². The highest BCUT2D eigenvalue weighted by atomic mass is 16.4. The lowest BCUT2D eigenvalue weighted by molar-refractivity contribution is -0.140. The van der Waals surface area contributed by atoms with Gasteiger partial charge >= 0.3 is 12.1 Å². The Kier molecular flexibility index (Phi) is 4.66. The first-order chi connectivity index (χ1) is 9.88. The first kappa shape index (κ1) is 15.6. The smallest absolute Gasteiger partial charge is 0.407 e. The van der Waals surface area contributed by atoms with Crippen LogP contribution in [0.5, 0.6) is 0 Å². The molecule has 0 spiro atoms. The molecule has 0 aromatic carbocycles. The molecular weight excluding hydrogens is 278 g/mol. The molecule has 0 radical (unpaired) electrons. The highest BCUT2D eigenvalue weighted by molar-refractivity contribution is 5.78. The zero-order valence-corrected chi connectivity index (χ0v) is 12.1. The lowest BCUT2D eigenvalue weighted by Gasteiger charge is -2.44. The van der Waals surface area contributed by atoms with Gasteiger partial charge in [0.1, 0.15) is 0 Å². The summed E-state index contributed by atoms with van der Waals surface area (Å²) in [6, 6.07) is -0.525. The van der Waals surface area contributed by atoms with Gasteiger partial charge in [0.15, 0.2) is 0 Å². The van der Waals surface area contributed by atoms with Crippen molar-refractivity contribution in [1.82, 2.24) is 14.7 Å². The summed E-state index contributed by atoms with van der Waals surface area (Å²) in [7, 11) is 0. The van der Waals surface area contributed by atoms with Crippen molar-refractivity contribution in [2.24, 2.45) is 0 Å². The lowest BCUT2D eigenvalue weighted by Crippen LogP contribution is -2.62. The van der Waals surface area contributed by atoms with E-state index in [1.165, 1.54) is 4.90 Å². The summed E-state index contributed by atoms with van der Waals surface area (Å²) in [4.78, 5) is 38.7. The van der Waals surface area contributed by atoms with Crippen molar-refractivity contribution < 1.29 is 24.6 Å². The van der Waals surface area contributed by atoms with E-state index in [1.807, 2.05) is 0 Å². The second-order valence-electron chi connectivity index (χ2n) is 5.70. The van der Waals surface area contributed by atoms with Gasteiger partial charge in [0, 0.05) is 44.7 Å². The molecule has 0 aromatic heterocycles. The minimum atomic E-state index is -1.00. The van der Waals surface area contributed by atoms with E-state index in [1.54, 1.807) is 16.7 Å². The Bertz CT molecular complexity index is 440. The van der Waals surface area contributed by atoms with E-state index in [4.69, 9.17) is 5.11 Å². The number of likely N-dealkylation sites (tertiary alicyclic amines) is 1. The largest absolute Gasteiger partial charge is 0.480 e. The number of carbonyl (C=O) groups excluding carboxylic acids is 1. The zero-order valence-electron chi connectivity index (χ0n) is 12.1. The monoisotopic (exact) mass is 299 g/mol. The Morgan fingerprint density at radius 1 is 1.29 bits per heavy atom. The van der Waals surface area contributed by atoms with Crippen LogP contribution >= 0.6 is 0 Å². The molecule has 2 aliphatic rings. The van der Waals surface area contributed by atoms with Crippen molar-refractivity contribution in [1.29, 1.82) is 0 Å². The van der Waals surface area contributed by atoms with Crippen molar-refractivity contribution >= 4 is 18.0 Å². The third kappa shape index (κ3) is 3.63. The van der Waals surface area contributed by atoms with Gasteiger partial charge in [0.25, 0.3) is 0 Å². The van der Waals surface area contributed by atoms with Crippen molar-refractivity contribution in [2.75, 3.05) is 32.7 Å². The summed E-state index contributed by atoms with van der Waals surface area (Å²) in [5.41, 5.74) is 0. The van der Waals surface area contributed by atoms with Gasteiger partial charge in [-0.15, -0.1) is 0 Å². The number of piperazine rings is 1. The predicted octanol–water partition coefficient (Wildman–Crippen LogP) is -0.254. The van der Waals surface area contributed by atoms with E-state index < -0.39 is 12.1 Å². The van der Waals surface area contributed by atoms with Gasteiger partial charge in [-0.05, 0) is 13.3 Å². The van der Waals surface area contributed by atoms with Crippen LogP contribution in [0, 0.1) is 0 Å². The fourth-order valence-corrected chi connectivity index (χ4v) is 3.07. The van der Waals surface area contributed by atoms with Crippen LogP contribution in [0.4, 0.5) is 4.79 Å². The van der Waals surface area contributed by atoms with Gasteiger partial charge in [0.2, 0.25) is 5.91 Å². The van der Waals surface area contributed by atoms with Crippen LogP contribution in [0.15, 0.2) is 0 Å². The van der Waals surface area contributed by atoms with Crippen molar-refractivity contribution in [3.05, 3.63) is 0 Å². The molecule has 0 aromatic rings. The van der Waals surface area contributed by atoms with Crippen molar-refractivity contribution in [2.45, 2.75) is 31.8 Å². The Balaban J connectivity index is 2.08. The van der Waals surface area contributed by atoms with E-state index in [9.17, 15) is 19.5 Å². The average Bonchev–Trinajstić information content (AvgIpc) is 2.77. The molecule has 2 atom stereocenters. The predicted molar refractivity (Wildman–Crippen MR) is 73.0 cm³/mol. The fourth-order valence-electron chi connectivity index (χ4n) is 3.07. The van der Waals surface area contributed by atoms with Crippen LogP contribution in [0.1, 0.15) is 19.8 Å². The Hall–Kier alpha value is -1.83. The summed E-state index contributed by atoms with van der Waals surface area (Å²) < 4.78 is 0. The molecule has 0 saturated carbocycles. The van der Waals surface area contributed by atoms with E-state index >= 15 is 0 Å². The summed E-state index contributed by atoms with van der Waals surface area (Å²) in [6.07, 6.45) is 0.323. The first-order valence-electron chi connectivity index (χ1n) is 7.11. The molecule has 2 rings (SSSR count). The van der Waals surface area contributed by atoms with Crippen LogP contribution in [0.2, 0.25) is 0 Å². The molecule has 2 aliphatic heterocycles. The maximum Gasteiger partial charge on any atom is 0.407 e. The van der Waals surface area contributed by atoms with Gasteiger partial charge in [-0.2, -0.15) is 0 Å². The van der Waals surface area contributed by atoms with Gasteiger partial charge < -0.3 is 20.0 Å². The lowest BCUT2D eigenvalue weighted by atomic mass is 10.1. The number of amides is 2. The number of hydrogen-bond donors (Lipinski definition) is 2. The quantitative estimate of drug-likeness (QED) is 0.742. The van der Waals surface area contributed by atoms with Crippen LogP contribution < -0.4 is 0 Å². The fraction of sp³-hybridized carbons (Fsp3) is 0.769. The molecule has 21 heavy (non-hydrogen) atoms. The van der Waals surface area contributed by atoms with E-state index in [0.717, 1.165) is 6.42 Å². The molecule has 8 nitrogen and oxygen atoms in total. The van der Waals surface area contributed by atoms with Crippen LogP contribution in [0.3, 0.4) is 0 Å². The number of carboxylic acids is 1. The first-order valence-corrected chi connectivity index (χ1v) is 7.11. The SMILES string of the molecule is C[C@@H]1CN(CC(=O)O)[C@@H](CN2CCCC2=O)CN1C(=O)O. The second kappa shape index (κ2) is 6.30. The topological polar surface area (TPSA) is 101 Å². The molecule has 2 heterocycles. The number of carbonyl (C=O) groups is 3. The highest BCUT2D eigenvalue weighted by Crippen LogP contribution is 2.19. The summed E-state index contributed by atoms with van der Waals surface area (Å²) in [5, 5.41) is 18.2. The summed E-state index contributed by atoms with van der Waals surface area (Å²) >= 11 is 0.